The van der Waals surface area contributed by atoms with Crippen molar-refractivity contribution in [1.29, 1.82) is 0 Å². The lowest BCUT2D eigenvalue weighted by Crippen LogP contribution is -2.41. The van der Waals surface area contributed by atoms with Crippen LogP contribution in [0.4, 0.5) is 0 Å². The van der Waals surface area contributed by atoms with Gasteiger partial charge >= 0.3 is 7.12 Å². The number of nitrogens with zero attached hydrogens (tertiary/aromatic N) is 1. The van der Waals surface area contributed by atoms with Gasteiger partial charge in [0.2, 0.25) is 0 Å². The van der Waals surface area contributed by atoms with E-state index in [1.807, 2.05) is 27.7 Å². The van der Waals surface area contributed by atoms with Crippen molar-refractivity contribution in [2.24, 2.45) is 0 Å². The first-order valence-corrected chi connectivity index (χ1v) is 6.44. The highest BCUT2D eigenvalue weighted by Crippen LogP contribution is 2.36. The van der Waals surface area contributed by atoms with E-state index < -0.39 is 18.3 Å². The lowest BCUT2D eigenvalue weighted by molar-refractivity contribution is 0.00578. The molecule has 1 saturated heterocycles. The molecule has 1 N–H and O–H groups in total. The van der Waals surface area contributed by atoms with E-state index in [0.29, 0.717) is 0 Å². The summed E-state index contributed by atoms with van der Waals surface area (Å²) in [6.07, 6.45) is 1.68. The smallest absolute Gasteiger partial charge is 0.399 e. The maximum atomic E-state index is 11.6. The average molecular weight is 265 g/mol. The van der Waals surface area contributed by atoms with Crippen LogP contribution in [0.1, 0.15) is 27.7 Å². The van der Waals surface area contributed by atoms with Crippen LogP contribution in [0.5, 0.6) is 0 Å². The highest BCUT2D eigenvalue weighted by atomic mass is 16.7. The summed E-state index contributed by atoms with van der Waals surface area (Å²) in [6, 6.07) is 3.17. The first-order valence-electron chi connectivity index (χ1n) is 6.44. The van der Waals surface area contributed by atoms with E-state index in [1.54, 1.807) is 12.3 Å². The molecule has 0 atom stereocenters. The third kappa shape index (κ3) is 2.61. The van der Waals surface area contributed by atoms with Gasteiger partial charge in [-0.3, -0.25) is 4.79 Å². The molecular weight excluding hydrogens is 245 g/mol. The largest absolute Gasteiger partial charge is 0.496 e. The van der Waals surface area contributed by atoms with E-state index in [0.717, 1.165) is 5.46 Å². The van der Waals surface area contributed by atoms with Gasteiger partial charge in [-0.1, -0.05) is 6.07 Å². The van der Waals surface area contributed by atoms with Gasteiger partial charge in [0.1, 0.15) is 0 Å². The summed E-state index contributed by atoms with van der Waals surface area (Å²) in [5.74, 6) is 0. The van der Waals surface area contributed by atoms with E-state index in [9.17, 15) is 4.79 Å². The van der Waals surface area contributed by atoms with Crippen molar-refractivity contribution in [3.8, 4) is 0 Å². The Morgan fingerprint density at radius 1 is 1.21 bits per heavy atom. The van der Waals surface area contributed by atoms with Crippen molar-refractivity contribution >= 4 is 12.6 Å². The van der Waals surface area contributed by atoms with Gasteiger partial charge < -0.3 is 19.0 Å². The molecule has 19 heavy (non-hydrogen) atoms. The predicted octanol–water partition coefficient (Wildman–Crippen LogP) is 0.140. The Morgan fingerprint density at radius 3 is 2.32 bits per heavy atom. The number of hydrogen-bond acceptors (Lipinski definition) is 4. The predicted molar refractivity (Wildman–Crippen MR) is 73.5 cm³/mol. The fourth-order valence-electron chi connectivity index (χ4n) is 1.95. The zero-order chi connectivity index (χ0) is 14.3. The summed E-state index contributed by atoms with van der Waals surface area (Å²) >= 11 is 0. The van der Waals surface area contributed by atoms with Gasteiger partial charge in [0, 0.05) is 18.8 Å². The molecule has 0 aromatic carbocycles. The second kappa shape index (κ2) is 4.78. The molecule has 0 bridgehead atoms. The normalized spacial score (nSPS) is 20.8. The number of hydrogen-bond donors (Lipinski definition) is 1. The molecule has 0 unspecified atom stereocenters. The number of aliphatic hydroxyl groups is 1. The molecule has 104 valence electrons. The van der Waals surface area contributed by atoms with Crippen molar-refractivity contribution in [2.45, 2.75) is 45.4 Å². The van der Waals surface area contributed by atoms with E-state index in [1.165, 1.54) is 10.6 Å². The van der Waals surface area contributed by atoms with Gasteiger partial charge in [-0.2, -0.15) is 0 Å². The monoisotopic (exact) mass is 265 g/mol. The standard InChI is InChI=1S/C13H20BNO4/c1-12(2)13(3,4)19-14(18-12)10-5-6-11(17)15(9-10)7-8-16/h5-6,9,16H,7-8H2,1-4H3. The second-order valence-corrected chi connectivity index (χ2v) is 5.81. The second-order valence-electron chi connectivity index (χ2n) is 5.81. The molecule has 0 aliphatic carbocycles. The minimum Gasteiger partial charge on any atom is -0.399 e. The maximum Gasteiger partial charge on any atom is 0.496 e. The van der Waals surface area contributed by atoms with E-state index in [2.05, 4.69) is 0 Å². The van der Waals surface area contributed by atoms with Gasteiger partial charge in [-0.15, -0.1) is 0 Å². The Balaban J connectivity index is 2.30. The van der Waals surface area contributed by atoms with Crippen LogP contribution >= 0.6 is 0 Å². The summed E-state index contributed by atoms with van der Waals surface area (Å²) in [6.45, 7) is 8.12. The molecule has 0 saturated carbocycles. The molecule has 1 aromatic heterocycles. The van der Waals surface area contributed by atoms with Crippen LogP contribution in [0, 0.1) is 0 Å². The van der Waals surface area contributed by atoms with Crippen LogP contribution in [-0.2, 0) is 15.9 Å². The molecule has 1 aliphatic heterocycles. The maximum absolute atomic E-state index is 11.6. The molecule has 1 aliphatic rings. The molecule has 5 nitrogen and oxygen atoms in total. The Hall–Kier alpha value is -1.11. The third-order valence-electron chi connectivity index (χ3n) is 3.87. The SMILES string of the molecule is CC1(C)OB(c2ccc(=O)n(CCO)c2)OC1(C)C. The van der Waals surface area contributed by atoms with Gasteiger partial charge in [-0.25, -0.2) is 0 Å². The Labute approximate surface area is 113 Å². The molecule has 2 rings (SSSR count). The van der Waals surface area contributed by atoms with Crippen LogP contribution in [-0.4, -0.2) is 34.6 Å². The van der Waals surface area contributed by atoms with E-state index in [-0.39, 0.29) is 18.7 Å². The number of rotatable bonds is 3. The highest BCUT2D eigenvalue weighted by molar-refractivity contribution is 6.62. The first kappa shape index (κ1) is 14.3. The quantitative estimate of drug-likeness (QED) is 0.790. The molecule has 2 heterocycles. The van der Waals surface area contributed by atoms with Crippen molar-refractivity contribution in [3.05, 3.63) is 28.7 Å². The Morgan fingerprint density at radius 2 is 1.79 bits per heavy atom. The van der Waals surface area contributed by atoms with Crippen molar-refractivity contribution < 1.29 is 14.4 Å². The van der Waals surface area contributed by atoms with E-state index >= 15 is 0 Å². The summed E-state index contributed by atoms with van der Waals surface area (Å²) in [5.41, 5.74) is -0.174. The molecule has 1 aromatic rings. The summed E-state index contributed by atoms with van der Waals surface area (Å²) in [4.78, 5) is 11.6. The van der Waals surface area contributed by atoms with Crippen molar-refractivity contribution in [1.82, 2.24) is 4.57 Å². The fraction of sp³-hybridized carbons (Fsp3) is 0.615. The number of aliphatic hydroxyl groups excluding tert-OH is 1. The topological polar surface area (TPSA) is 60.7 Å². The van der Waals surface area contributed by atoms with Gasteiger partial charge in [-0.05, 0) is 33.2 Å². The molecule has 0 spiro atoms. The number of aromatic nitrogens is 1. The fourth-order valence-corrected chi connectivity index (χ4v) is 1.95. The van der Waals surface area contributed by atoms with Gasteiger partial charge in [0.25, 0.3) is 5.56 Å². The zero-order valence-corrected chi connectivity index (χ0v) is 11.8. The highest BCUT2D eigenvalue weighted by Gasteiger charge is 2.51. The zero-order valence-electron chi connectivity index (χ0n) is 11.8. The van der Waals surface area contributed by atoms with Crippen LogP contribution in [0.25, 0.3) is 0 Å². The molecule has 0 radical (unpaired) electrons. The Kier molecular flexibility index (Phi) is 3.60. The molecule has 6 heteroatoms. The molecule has 1 fully saturated rings. The lowest BCUT2D eigenvalue weighted by atomic mass is 9.80. The van der Waals surface area contributed by atoms with Crippen molar-refractivity contribution in [3.63, 3.8) is 0 Å². The van der Waals surface area contributed by atoms with Crippen LogP contribution in [0.3, 0.4) is 0 Å². The molecule has 0 amide bonds. The van der Waals surface area contributed by atoms with Crippen LogP contribution in [0.2, 0.25) is 0 Å². The third-order valence-corrected chi connectivity index (χ3v) is 3.87. The summed E-state index contributed by atoms with van der Waals surface area (Å²) in [5, 5.41) is 8.94. The number of pyridine rings is 1. The van der Waals surface area contributed by atoms with Crippen molar-refractivity contribution in [2.75, 3.05) is 6.61 Å². The first-order chi connectivity index (χ1) is 8.77. The Bertz CT molecular complexity index is 508. The van der Waals surface area contributed by atoms with Gasteiger partial charge in [0.15, 0.2) is 0 Å². The van der Waals surface area contributed by atoms with E-state index in [4.69, 9.17) is 14.4 Å². The van der Waals surface area contributed by atoms with Crippen LogP contribution < -0.4 is 11.0 Å². The summed E-state index contributed by atoms with van der Waals surface area (Å²) < 4.78 is 13.3. The minimum absolute atomic E-state index is 0.0767. The molecular formula is C13H20BNO4. The average Bonchev–Trinajstić information content (AvgIpc) is 2.51. The minimum atomic E-state index is -0.490. The summed E-state index contributed by atoms with van der Waals surface area (Å²) in [7, 11) is -0.490. The van der Waals surface area contributed by atoms with Gasteiger partial charge in [0.05, 0.1) is 17.8 Å². The lowest BCUT2D eigenvalue weighted by Gasteiger charge is -2.32. The van der Waals surface area contributed by atoms with Crippen LogP contribution in [0.15, 0.2) is 23.1 Å².